The Balaban J connectivity index is 2.00. The summed E-state index contributed by atoms with van der Waals surface area (Å²) in [5.74, 6) is 0.468. The second-order valence-corrected chi connectivity index (χ2v) is 6.10. The normalized spacial score (nSPS) is 53.6. The predicted molar refractivity (Wildman–Crippen MR) is 50.1 cm³/mol. The van der Waals surface area contributed by atoms with Crippen molar-refractivity contribution in [2.75, 3.05) is 0 Å². The topological polar surface area (TPSA) is 26.0 Å². The van der Waals surface area contributed by atoms with Crippen molar-refractivity contribution in [1.82, 2.24) is 0 Å². The maximum atomic E-state index is 13.1. The van der Waals surface area contributed by atoms with Gasteiger partial charge in [0, 0.05) is 5.54 Å². The Morgan fingerprint density at radius 2 is 1.53 bits per heavy atom. The van der Waals surface area contributed by atoms with E-state index in [1.807, 2.05) is 0 Å². The van der Waals surface area contributed by atoms with Gasteiger partial charge in [0.15, 0.2) is 0 Å². The van der Waals surface area contributed by atoms with E-state index >= 15 is 0 Å². The fourth-order valence-electron chi connectivity index (χ4n) is 4.67. The molecule has 0 aliphatic heterocycles. The van der Waals surface area contributed by atoms with E-state index < -0.39 is 17.1 Å². The molecule has 0 aromatic heterocycles. The molecule has 0 aromatic carbocycles. The first kappa shape index (κ1) is 9.94. The standard InChI is InChI=1S/C11H16F3N/c12-11(13,14)9-2-7-1-8(3-9)5-10(15,4-7)6-9/h7-8H,1-6,15H2/t7-,8+,9?,10?. The van der Waals surface area contributed by atoms with Crippen LogP contribution in [-0.2, 0) is 0 Å². The van der Waals surface area contributed by atoms with Crippen molar-refractivity contribution >= 4 is 0 Å². The Kier molecular flexibility index (Phi) is 1.67. The van der Waals surface area contributed by atoms with Crippen LogP contribution < -0.4 is 5.73 Å². The van der Waals surface area contributed by atoms with Crippen molar-refractivity contribution in [1.29, 1.82) is 0 Å². The number of hydrogen-bond donors (Lipinski definition) is 1. The van der Waals surface area contributed by atoms with Crippen LogP contribution in [0.15, 0.2) is 0 Å². The molecule has 4 rings (SSSR count). The Bertz CT molecular complexity index is 283. The first-order valence-electron chi connectivity index (χ1n) is 5.68. The molecule has 15 heavy (non-hydrogen) atoms. The number of hydrogen-bond acceptors (Lipinski definition) is 1. The van der Waals surface area contributed by atoms with Crippen LogP contribution in [0.4, 0.5) is 13.2 Å². The molecule has 2 unspecified atom stereocenters. The molecule has 0 radical (unpaired) electrons. The molecule has 0 saturated heterocycles. The van der Waals surface area contributed by atoms with Gasteiger partial charge in [-0.25, -0.2) is 0 Å². The van der Waals surface area contributed by atoms with Gasteiger partial charge in [-0.2, -0.15) is 13.2 Å². The molecule has 86 valence electrons. The van der Waals surface area contributed by atoms with E-state index in [1.54, 1.807) is 0 Å². The Morgan fingerprint density at radius 1 is 1.00 bits per heavy atom. The molecular weight excluding hydrogens is 203 g/mol. The van der Waals surface area contributed by atoms with E-state index in [0.29, 0.717) is 12.8 Å². The molecule has 4 aliphatic rings. The van der Waals surface area contributed by atoms with Crippen LogP contribution in [-0.4, -0.2) is 11.7 Å². The predicted octanol–water partition coefficient (Wildman–Crippen LogP) is 2.85. The third-order valence-corrected chi connectivity index (χ3v) is 4.71. The van der Waals surface area contributed by atoms with E-state index in [9.17, 15) is 13.2 Å². The average molecular weight is 219 g/mol. The average Bonchev–Trinajstić information content (AvgIpc) is 1.95. The molecule has 0 amide bonds. The van der Waals surface area contributed by atoms with E-state index in [2.05, 4.69) is 0 Å². The summed E-state index contributed by atoms with van der Waals surface area (Å²) in [7, 11) is 0. The molecule has 4 heteroatoms. The van der Waals surface area contributed by atoms with Gasteiger partial charge >= 0.3 is 6.18 Å². The summed E-state index contributed by atoms with van der Waals surface area (Å²) < 4.78 is 39.3. The third-order valence-electron chi connectivity index (χ3n) is 4.71. The molecular formula is C11H16F3N. The number of halogens is 3. The third kappa shape index (κ3) is 1.26. The minimum atomic E-state index is -4.05. The van der Waals surface area contributed by atoms with E-state index in [1.165, 1.54) is 0 Å². The fraction of sp³-hybridized carbons (Fsp3) is 1.00. The second kappa shape index (κ2) is 2.53. The van der Waals surface area contributed by atoms with Crippen molar-refractivity contribution in [2.24, 2.45) is 23.0 Å². The molecule has 1 nitrogen and oxygen atoms in total. The minimum absolute atomic E-state index is 0.177. The molecule has 4 atom stereocenters. The van der Waals surface area contributed by atoms with Crippen LogP contribution in [0, 0.1) is 17.3 Å². The lowest BCUT2D eigenvalue weighted by molar-refractivity contribution is -0.275. The molecule has 4 saturated carbocycles. The van der Waals surface area contributed by atoms with Gasteiger partial charge in [-0.05, 0) is 50.4 Å². The summed E-state index contributed by atoms with van der Waals surface area (Å²) in [6.07, 6.45) is -0.566. The van der Waals surface area contributed by atoms with Crippen LogP contribution in [0.5, 0.6) is 0 Å². The maximum absolute atomic E-state index is 13.1. The zero-order chi connectivity index (χ0) is 10.9. The van der Waals surface area contributed by atoms with Crippen molar-refractivity contribution in [3.63, 3.8) is 0 Å². The summed E-state index contributed by atoms with van der Waals surface area (Å²) in [6.45, 7) is 0. The zero-order valence-electron chi connectivity index (χ0n) is 8.61. The highest BCUT2D eigenvalue weighted by Gasteiger charge is 2.66. The first-order valence-corrected chi connectivity index (χ1v) is 5.68. The van der Waals surface area contributed by atoms with Gasteiger partial charge in [-0.15, -0.1) is 0 Å². The molecule has 4 aliphatic carbocycles. The van der Waals surface area contributed by atoms with Crippen LogP contribution in [0.2, 0.25) is 0 Å². The minimum Gasteiger partial charge on any atom is -0.325 e. The van der Waals surface area contributed by atoms with Crippen LogP contribution in [0.25, 0.3) is 0 Å². The highest BCUT2D eigenvalue weighted by atomic mass is 19.4. The fourth-order valence-corrected chi connectivity index (χ4v) is 4.67. The largest absolute Gasteiger partial charge is 0.394 e. The maximum Gasteiger partial charge on any atom is 0.394 e. The molecule has 2 N–H and O–H groups in total. The van der Waals surface area contributed by atoms with Gasteiger partial charge in [0.05, 0.1) is 5.41 Å². The van der Waals surface area contributed by atoms with Gasteiger partial charge in [0.2, 0.25) is 0 Å². The number of alkyl halides is 3. The quantitative estimate of drug-likeness (QED) is 0.666. The smallest absolute Gasteiger partial charge is 0.325 e. The van der Waals surface area contributed by atoms with Crippen molar-refractivity contribution in [3.8, 4) is 0 Å². The van der Waals surface area contributed by atoms with E-state index in [-0.39, 0.29) is 18.3 Å². The Labute approximate surface area is 87.2 Å². The summed E-state index contributed by atoms with van der Waals surface area (Å²) in [6, 6.07) is 0. The summed E-state index contributed by atoms with van der Waals surface area (Å²) in [5, 5.41) is 0. The highest BCUT2D eigenvalue weighted by molar-refractivity contribution is 5.12. The van der Waals surface area contributed by atoms with Crippen LogP contribution >= 0.6 is 0 Å². The van der Waals surface area contributed by atoms with Crippen LogP contribution in [0.3, 0.4) is 0 Å². The van der Waals surface area contributed by atoms with Gasteiger partial charge in [-0.3, -0.25) is 0 Å². The second-order valence-electron chi connectivity index (χ2n) is 6.10. The summed E-state index contributed by atoms with van der Waals surface area (Å²) >= 11 is 0. The first-order chi connectivity index (χ1) is 6.82. The molecule has 0 spiro atoms. The van der Waals surface area contributed by atoms with Crippen molar-refractivity contribution in [2.45, 2.75) is 50.2 Å². The van der Waals surface area contributed by atoms with E-state index in [0.717, 1.165) is 19.3 Å². The number of nitrogens with two attached hydrogens (primary N) is 1. The van der Waals surface area contributed by atoms with Crippen LogP contribution in [0.1, 0.15) is 38.5 Å². The SMILES string of the molecule is NC12C[C@H]3C[C@@H](C1)CC(C(F)(F)F)(C3)C2. The van der Waals surface area contributed by atoms with Gasteiger partial charge in [-0.1, -0.05) is 0 Å². The molecule has 4 fully saturated rings. The zero-order valence-corrected chi connectivity index (χ0v) is 8.61. The lowest BCUT2D eigenvalue weighted by atomic mass is 9.47. The molecule has 4 bridgehead atoms. The van der Waals surface area contributed by atoms with Gasteiger partial charge in [0.25, 0.3) is 0 Å². The van der Waals surface area contributed by atoms with Gasteiger partial charge in [0.1, 0.15) is 0 Å². The monoisotopic (exact) mass is 219 g/mol. The summed E-state index contributed by atoms with van der Waals surface area (Å²) in [4.78, 5) is 0. The molecule has 0 aromatic rings. The lowest BCUT2D eigenvalue weighted by Gasteiger charge is -2.61. The Hall–Kier alpha value is -0.250. The summed E-state index contributed by atoms with van der Waals surface area (Å²) in [5.41, 5.74) is 4.18. The van der Waals surface area contributed by atoms with E-state index in [4.69, 9.17) is 5.73 Å². The van der Waals surface area contributed by atoms with Crippen molar-refractivity contribution in [3.05, 3.63) is 0 Å². The Morgan fingerprint density at radius 3 is 1.93 bits per heavy atom. The number of rotatable bonds is 0. The van der Waals surface area contributed by atoms with Gasteiger partial charge < -0.3 is 5.73 Å². The van der Waals surface area contributed by atoms with Crippen molar-refractivity contribution < 1.29 is 13.2 Å². The highest BCUT2D eigenvalue weighted by Crippen LogP contribution is 2.65. The molecule has 0 heterocycles. The lowest BCUT2D eigenvalue weighted by Crippen LogP contribution is -2.63.